The number of para-hydroxylation sites is 1. The van der Waals surface area contributed by atoms with E-state index < -0.39 is 0 Å². The van der Waals surface area contributed by atoms with Crippen LogP contribution >= 0.6 is 0 Å². The third kappa shape index (κ3) is 2.74. The number of nitrogens with zero attached hydrogens (tertiary/aromatic N) is 2. The quantitative estimate of drug-likeness (QED) is 0.840. The predicted molar refractivity (Wildman–Crippen MR) is 89.5 cm³/mol. The van der Waals surface area contributed by atoms with Crippen LogP contribution in [-0.2, 0) is 11.2 Å². The first kappa shape index (κ1) is 15.0. The third-order valence-corrected chi connectivity index (χ3v) is 5.83. The number of rotatable bonds is 2. The van der Waals surface area contributed by atoms with E-state index in [9.17, 15) is 4.79 Å². The molecule has 0 unspecified atom stereocenters. The number of likely N-dealkylation sites (N-methyl/N-ethyl adjacent to an activating group) is 1. The first-order valence-corrected chi connectivity index (χ1v) is 8.95. The van der Waals surface area contributed by atoms with Crippen molar-refractivity contribution in [1.82, 2.24) is 9.80 Å². The van der Waals surface area contributed by atoms with Crippen LogP contribution in [0.3, 0.4) is 0 Å². The van der Waals surface area contributed by atoms with Gasteiger partial charge in [0.05, 0.1) is 5.92 Å². The zero-order valence-electron chi connectivity index (χ0n) is 13.9. The van der Waals surface area contributed by atoms with E-state index in [0.717, 1.165) is 31.6 Å². The lowest BCUT2D eigenvalue weighted by atomic mass is 9.94. The second-order valence-corrected chi connectivity index (χ2v) is 7.25. The Morgan fingerprint density at radius 1 is 1.13 bits per heavy atom. The van der Waals surface area contributed by atoms with Crippen molar-refractivity contribution in [3.8, 4) is 5.75 Å². The van der Waals surface area contributed by atoms with Crippen LogP contribution in [0.4, 0.5) is 0 Å². The summed E-state index contributed by atoms with van der Waals surface area (Å²) in [6.45, 7) is 2.62. The monoisotopic (exact) mass is 314 g/mol. The van der Waals surface area contributed by atoms with Crippen LogP contribution < -0.4 is 4.74 Å². The fourth-order valence-electron chi connectivity index (χ4n) is 4.61. The molecule has 0 saturated carbocycles. The van der Waals surface area contributed by atoms with Gasteiger partial charge >= 0.3 is 0 Å². The van der Waals surface area contributed by atoms with Crippen LogP contribution in [0, 0.1) is 5.92 Å². The van der Waals surface area contributed by atoms with Crippen LogP contribution in [-0.4, -0.2) is 54.5 Å². The molecule has 2 saturated heterocycles. The van der Waals surface area contributed by atoms with Crippen molar-refractivity contribution in [2.24, 2.45) is 5.92 Å². The molecule has 4 rings (SSSR count). The standard InChI is InChI=1S/C19H26N2O2/c1-20-10-4-7-16(20)17-8-5-11-21(17)19(22)15-12-14-6-2-3-9-18(14)23-13-15/h2-3,6,9,15-17H,4-5,7-8,10-13H2,1H3/t15-,16+,17+/m0/s1. The molecule has 23 heavy (non-hydrogen) atoms. The van der Waals surface area contributed by atoms with Gasteiger partial charge in [-0.25, -0.2) is 0 Å². The van der Waals surface area contributed by atoms with E-state index >= 15 is 0 Å². The molecule has 2 fully saturated rings. The second kappa shape index (κ2) is 6.16. The van der Waals surface area contributed by atoms with Gasteiger partial charge in [0, 0.05) is 18.6 Å². The van der Waals surface area contributed by atoms with Gasteiger partial charge < -0.3 is 14.5 Å². The summed E-state index contributed by atoms with van der Waals surface area (Å²) in [6.07, 6.45) is 5.61. The maximum Gasteiger partial charge on any atom is 0.229 e. The van der Waals surface area contributed by atoms with Gasteiger partial charge in [0.25, 0.3) is 0 Å². The average molecular weight is 314 g/mol. The van der Waals surface area contributed by atoms with Crippen molar-refractivity contribution in [3.63, 3.8) is 0 Å². The molecular formula is C19H26N2O2. The number of benzene rings is 1. The molecule has 1 aromatic rings. The van der Waals surface area contributed by atoms with E-state index in [1.165, 1.54) is 24.9 Å². The number of likely N-dealkylation sites (tertiary alicyclic amines) is 2. The van der Waals surface area contributed by atoms with Gasteiger partial charge in [-0.2, -0.15) is 0 Å². The van der Waals surface area contributed by atoms with Gasteiger partial charge in [0.1, 0.15) is 12.4 Å². The molecule has 3 aliphatic heterocycles. The summed E-state index contributed by atoms with van der Waals surface area (Å²) in [6, 6.07) is 9.07. The van der Waals surface area contributed by atoms with Crippen molar-refractivity contribution >= 4 is 5.91 Å². The third-order valence-electron chi connectivity index (χ3n) is 5.83. The zero-order valence-corrected chi connectivity index (χ0v) is 13.9. The maximum absolute atomic E-state index is 13.1. The first-order valence-electron chi connectivity index (χ1n) is 8.95. The molecule has 0 bridgehead atoms. The van der Waals surface area contributed by atoms with Gasteiger partial charge in [0.2, 0.25) is 5.91 Å². The molecule has 0 aromatic heterocycles. The molecule has 124 valence electrons. The number of fused-ring (bicyclic) bond motifs is 1. The predicted octanol–water partition coefficient (Wildman–Crippen LogP) is 2.32. The SMILES string of the molecule is CN1CCC[C@@H]1[C@H]1CCCN1C(=O)[C@@H]1COc2ccccc2C1. The average Bonchev–Trinajstić information content (AvgIpc) is 3.22. The number of carbonyl (C=O) groups excluding carboxylic acids is 1. The second-order valence-electron chi connectivity index (χ2n) is 7.25. The van der Waals surface area contributed by atoms with Crippen molar-refractivity contribution in [1.29, 1.82) is 0 Å². The summed E-state index contributed by atoms with van der Waals surface area (Å²) in [5, 5.41) is 0. The highest BCUT2D eigenvalue weighted by atomic mass is 16.5. The van der Waals surface area contributed by atoms with E-state index in [4.69, 9.17) is 4.74 Å². The minimum absolute atomic E-state index is 0.0165. The Hall–Kier alpha value is -1.55. The lowest BCUT2D eigenvalue weighted by molar-refractivity contribution is -0.138. The Bertz CT molecular complexity index is 588. The van der Waals surface area contributed by atoms with E-state index in [1.54, 1.807) is 0 Å². The molecule has 4 nitrogen and oxygen atoms in total. The number of carbonyl (C=O) groups is 1. The summed E-state index contributed by atoms with van der Waals surface area (Å²) in [5.74, 6) is 1.24. The van der Waals surface area contributed by atoms with Crippen molar-refractivity contribution in [3.05, 3.63) is 29.8 Å². The van der Waals surface area contributed by atoms with Crippen LogP contribution in [0.2, 0.25) is 0 Å². The Kier molecular flexibility index (Phi) is 4.02. The Morgan fingerprint density at radius 2 is 1.91 bits per heavy atom. The van der Waals surface area contributed by atoms with Crippen LogP contribution in [0.5, 0.6) is 5.75 Å². The Morgan fingerprint density at radius 3 is 2.74 bits per heavy atom. The minimum atomic E-state index is -0.0165. The molecule has 1 aromatic carbocycles. The number of amides is 1. The molecule has 3 heterocycles. The molecule has 1 amide bonds. The van der Waals surface area contributed by atoms with Crippen LogP contribution in [0.15, 0.2) is 24.3 Å². The molecule has 3 aliphatic rings. The normalized spacial score (nSPS) is 31.0. The van der Waals surface area contributed by atoms with Gasteiger partial charge in [-0.05, 0) is 57.3 Å². The van der Waals surface area contributed by atoms with Crippen LogP contribution in [0.25, 0.3) is 0 Å². The molecule has 0 aliphatic carbocycles. The number of hydrogen-bond acceptors (Lipinski definition) is 3. The Labute approximate surface area is 138 Å². The first-order chi connectivity index (χ1) is 11.2. The van der Waals surface area contributed by atoms with Crippen LogP contribution in [0.1, 0.15) is 31.2 Å². The number of hydrogen-bond donors (Lipinski definition) is 0. The highest BCUT2D eigenvalue weighted by molar-refractivity contribution is 5.80. The zero-order chi connectivity index (χ0) is 15.8. The molecule has 4 heteroatoms. The summed E-state index contributed by atoms with van der Waals surface area (Å²) < 4.78 is 5.84. The van der Waals surface area contributed by atoms with Gasteiger partial charge in [-0.1, -0.05) is 18.2 Å². The highest BCUT2D eigenvalue weighted by Gasteiger charge is 2.41. The summed E-state index contributed by atoms with van der Waals surface area (Å²) in [4.78, 5) is 17.7. The van der Waals surface area contributed by atoms with Crippen molar-refractivity contribution in [2.45, 2.75) is 44.2 Å². The van der Waals surface area contributed by atoms with Gasteiger partial charge in [-0.15, -0.1) is 0 Å². The molecule has 0 spiro atoms. The largest absolute Gasteiger partial charge is 0.492 e. The van der Waals surface area contributed by atoms with Gasteiger partial charge in [-0.3, -0.25) is 4.79 Å². The molecular weight excluding hydrogens is 288 g/mol. The van der Waals surface area contributed by atoms with Crippen molar-refractivity contribution in [2.75, 3.05) is 26.7 Å². The molecule has 3 atom stereocenters. The summed E-state index contributed by atoms with van der Waals surface area (Å²) in [5.41, 5.74) is 1.17. The summed E-state index contributed by atoms with van der Waals surface area (Å²) in [7, 11) is 2.21. The lowest BCUT2D eigenvalue weighted by Crippen LogP contribution is -2.50. The van der Waals surface area contributed by atoms with Gasteiger partial charge in [0.15, 0.2) is 0 Å². The Balaban J connectivity index is 1.48. The van der Waals surface area contributed by atoms with E-state index in [1.807, 2.05) is 18.2 Å². The fraction of sp³-hybridized carbons (Fsp3) is 0.632. The van der Waals surface area contributed by atoms with E-state index in [-0.39, 0.29) is 5.92 Å². The lowest BCUT2D eigenvalue weighted by Gasteiger charge is -2.36. The van der Waals surface area contributed by atoms with E-state index in [0.29, 0.717) is 24.6 Å². The topological polar surface area (TPSA) is 32.8 Å². The van der Waals surface area contributed by atoms with E-state index in [2.05, 4.69) is 22.9 Å². The molecule has 0 radical (unpaired) electrons. The summed E-state index contributed by atoms with van der Waals surface area (Å²) >= 11 is 0. The molecule has 0 N–H and O–H groups in total. The van der Waals surface area contributed by atoms with Crippen molar-refractivity contribution < 1.29 is 9.53 Å². The highest BCUT2D eigenvalue weighted by Crippen LogP contribution is 2.33. The maximum atomic E-state index is 13.1. The minimum Gasteiger partial charge on any atom is -0.492 e. The fourth-order valence-corrected chi connectivity index (χ4v) is 4.61. The smallest absolute Gasteiger partial charge is 0.229 e. The number of ether oxygens (including phenoxy) is 1.